The van der Waals surface area contributed by atoms with Crippen molar-refractivity contribution < 1.29 is 18.3 Å². The Kier molecular flexibility index (Phi) is 4.19. The van der Waals surface area contributed by atoms with Crippen LogP contribution < -0.4 is 0 Å². The Morgan fingerprint density at radius 2 is 2.40 bits per heavy atom. The van der Waals surface area contributed by atoms with Crippen LogP contribution in [0, 0.1) is 0 Å². The first-order chi connectivity index (χ1) is 7.04. The van der Waals surface area contributed by atoms with Gasteiger partial charge in [0.1, 0.15) is 6.54 Å². The molecule has 7 heteroatoms. The Labute approximate surface area is 93.3 Å². The van der Waals surface area contributed by atoms with Gasteiger partial charge in [-0.2, -0.15) is 5.10 Å². The molecule has 15 heavy (non-hydrogen) atoms. The monoisotopic (exact) mass is 282 g/mol. The minimum Gasteiger partial charge on any atom is -0.461 e. The SMILES string of the molecule is CCOC(=O)c1nn(CC(F)F)cc1Br. The van der Waals surface area contributed by atoms with E-state index in [-0.39, 0.29) is 12.3 Å². The molecule has 0 bridgehead atoms. The van der Waals surface area contributed by atoms with Crippen molar-refractivity contribution in [3.05, 3.63) is 16.4 Å². The quantitative estimate of drug-likeness (QED) is 0.795. The van der Waals surface area contributed by atoms with Gasteiger partial charge in [-0.25, -0.2) is 13.6 Å². The molecule has 0 saturated carbocycles. The number of alkyl halides is 2. The molecule has 0 aliphatic carbocycles. The van der Waals surface area contributed by atoms with Crippen LogP contribution in [0.5, 0.6) is 0 Å². The number of aromatic nitrogens is 2. The number of halogens is 3. The fraction of sp³-hybridized carbons (Fsp3) is 0.500. The standard InChI is InChI=1S/C8H9BrF2N2O2/c1-2-15-8(14)7-5(9)3-13(12-7)4-6(10)11/h3,6H,2,4H2,1H3. The van der Waals surface area contributed by atoms with Gasteiger partial charge in [0, 0.05) is 6.20 Å². The van der Waals surface area contributed by atoms with Crippen molar-refractivity contribution in [2.45, 2.75) is 19.9 Å². The van der Waals surface area contributed by atoms with Gasteiger partial charge in [-0.3, -0.25) is 4.68 Å². The minimum atomic E-state index is -2.51. The van der Waals surface area contributed by atoms with Crippen LogP contribution in [0.15, 0.2) is 10.7 Å². The molecule has 0 aliphatic heterocycles. The maximum absolute atomic E-state index is 12.0. The van der Waals surface area contributed by atoms with Crippen LogP contribution in [0.4, 0.5) is 8.78 Å². The maximum Gasteiger partial charge on any atom is 0.360 e. The lowest BCUT2D eigenvalue weighted by Gasteiger charge is -1.99. The van der Waals surface area contributed by atoms with Gasteiger partial charge < -0.3 is 4.74 Å². The summed E-state index contributed by atoms with van der Waals surface area (Å²) >= 11 is 3.05. The molecular weight excluding hydrogens is 274 g/mol. The fourth-order valence-corrected chi connectivity index (χ4v) is 1.45. The number of carbonyl (C=O) groups is 1. The molecule has 0 N–H and O–H groups in total. The molecule has 0 unspecified atom stereocenters. The molecule has 0 atom stereocenters. The van der Waals surface area contributed by atoms with E-state index in [0.717, 1.165) is 4.68 Å². The molecule has 1 rings (SSSR count). The Hall–Kier alpha value is -0.980. The molecular formula is C8H9BrF2N2O2. The van der Waals surface area contributed by atoms with E-state index in [9.17, 15) is 13.6 Å². The van der Waals surface area contributed by atoms with Crippen molar-refractivity contribution in [3.8, 4) is 0 Å². The van der Waals surface area contributed by atoms with E-state index < -0.39 is 18.9 Å². The second-order valence-corrected chi connectivity index (χ2v) is 3.51. The molecule has 1 aromatic rings. The lowest BCUT2D eigenvalue weighted by atomic mass is 10.4. The number of hydrogen-bond donors (Lipinski definition) is 0. The van der Waals surface area contributed by atoms with E-state index in [1.807, 2.05) is 0 Å². The summed E-state index contributed by atoms with van der Waals surface area (Å²) in [5.41, 5.74) is 0.0116. The van der Waals surface area contributed by atoms with Crippen molar-refractivity contribution in [3.63, 3.8) is 0 Å². The van der Waals surface area contributed by atoms with Crippen LogP contribution in [0.1, 0.15) is 17.4 Å². The van der Waals surface area contributed by atoms with Crippen LogP contribution in [-0.2, 0) is 11.3 Å². The highest BCUT2D eigenvalue weighted by molar-refractivity contribution is 9.10. The third-order valence-electron chi connectivity index (χ3n) is 1.51. The Morgan fingerprint density at radius 1 is 1.73 bits per heavy atom. The van der Waals surface area contributed by atoms with Gasteiger partial charge >= 0.3 is 5.97 Å². The second kappa shape index (κ2) is 5.20. The number of hydrogen-bond acceptors (Lipinski definition) is 3. The second-order valence-electron chi connectivity index (χ2n) is 2.66. The molecule has 0 radical (unpaired) electrons. The Balaban J connectivity index is 2.81. The highest BCUT2D eigenvalue weighted by atomic mass is 79.9. The average Bonchev–Trinajstić information content (AvgIpc) is 2.46. The number of ether oxygens (including phenoxy) is 1. The number of esters is 1. The van der Waals surface area contributed by atoms with Gasteiger partial charge in [-0.15, -0.1) is 0 Å². The van der Waals surface area contributed by atoms with Gasteiger partial charge in [0.2, 0.25) is 0 Å². The molecule has 1 aromatic heterocycles. The molecule has 4 nitrogen and oxygen atoms in total. The number of rotatable bonds is 4. The average molecular weight is 283 g/mol. The van der Waals surface area contributed by atoms with E-state index in [2.05, 4.69) is 21.0 Å². The number of carbonyl (C=O) groups excluding carboxylic acids is 1. The predicted octanol–water partition coefficient (Wildman–Crippen LogP) is 2.09. The zero-order chi connectivity index (χ0) is 11.4. The molecule has 0 amide bonds. The zero-order valence-corrected chi connectivity index (χ0v) is 9.50. The first kappa shape index (κ1) is 12.1. The third kappa shape index (κ3) is 3.26. The Bertz CT molecular complexity index is 354. The van der Waals surface area contributed by atoms with Gasteiger partial charge in [-0.05, 0) is 22.9 Å². The molecule has 0 fully saturated rings. The highest BCUT2D eigenvalue weighted by Gasteiger charge is 2.17. The summed E-state index contributed by atoms with van der Waals surface area (Å²) in [4.78, 5) is 11.2. The largest absolute Gasteiger partial charge is 0.461 e. The van der Waals surface area contributed by atoms with Crippen molar-refractivity contribution in [1.82, 2.24) is 9.78 Å². The summed E-state index contributed by atoms with van der Waals surface area (Å²) in [6.45, 7) is 1.33. The van der Waals surface area contributed by atoms with Gasteiger partial charge in [0.15, 0.2) is 5.69 Å². The van der Waals surface area contributed by atoms with E-state index in [1.54, 1.807) is 6.92 Å². The summed E-state index contributed by atoms with van der Waals surface area (Å²) in [5.74, 6) is -0.627. The fourth-order valence-electron chi connectivity index (χ4n) is 0.970. The zero-order valence-electron chi connectivity index (χ0n) is 7.91. The topological polar surface area (TPSA) is 44.1 Å². The van der Waals surface area contributed by atoms with E-state index in [4.69, 9.17) is 4.74 Å². The maximum atomic E-state index is 12.0. The van der Waals surface area contributed by atoms with Crippen LogP contribution in [0.3, 0.4) is 0 Å². The van der Waals surface area contributed by atoms with Crippen LogP contribution in [-0.4, -0.2) is 28.8 Å². The van der Waals surface area contributed by atoms with Crippen LogP contribution in [0.25, 0.3) is 0 Å². The van der Waals surface area contributed by atoms with E-state index >= 15 is 0 Å². The third-order valence-corrected chi connectivity index (χ3v) is 2.09. The lowest BCUT2D eigenvalue weighted by molar-refractivity contribution is 0.0515. The normalized spacial score (nSPS) is 10.7. The van der Waals surface area contributed by atoms with Gasteiger partial charge in [0.05, 0.1) is 11.1 Å². The van der Waals surface area contributed by atoms with Crippen LogP contribution >= 0.6 is 15.9 Å². The molecule has 0 spiro atoms. The minimum absolute atomic E-state index is 0.0116. The van der Waals surface area contributed by atoms with Crippen molar-refractivity contribution in [1.29, 1.82) is 0 Å². The van der Waals surface area contributed by atoms with Crippen molar-refractivity contribution in [2.24, 2.45) is 0 Å². The lowest BCUT2D eigenvalue weighted by Crippen LogP contribution is -2.10. The first-order valence-electron chi connectivity index (χ1n) is 4.22. The molecule has 1 heterocycles. The highest BCUT2D eigenvalue weighted by Crippen LogP contribution is 2.16. The van der Waals surface area contributed by atoms with E-state index in [1.165, 1.54) is 6.20 Å². The van der Waals surface area contributed by atoms with Gasteiger partial charge in [0.25, 0.3) is 6.43 Å². The molecule has 84 valence electrons. The summed E-state index contributed by atoms with van der Waals surface area (Å²) in [6.07, 6.45) is -1.19. The van der Waals surface area contributed by atoms with Gasteiger partial charge in [-0.1, -0.05) is 0 Å². The van der Waals surface area contributed by atoms with Crippen LogP contribution in [0.2, 0.25) is 0 Å². The number of nitrogens with zero attached hydrogens (tertiary/aromatic N) is 2. The van der Waals surface area contributed by atoms with Crippen molar-refractivity contribution >= 4 is 21.9 Å². The summed E-state index contributed by atoms with van der Waals surface area (Å²) in [6, 6.07) is 0. The molecule has 0 aliphatic rings. The summed E-state index contributed by atoms with van der Waals surface area (Å²) in [7, 11) is 0. The van der Waals surface area contributed by atoms with E-state index in [0.29, 0.717) is 4.47 Å². The van der Waals surface area contributed by atoms with Crippen molar-refractivity contribution in [2.75, 3.05) is 6.61 Å². The first-order valence-corrected chi connectivity index (χ1v) is 5.02. The molecule has 0 saturated heterocycles. The summed E-state index contributed by atoms with van der Waals surface area (Å²) < 4.78 is 30.1. The molecule has 0 aromatic carbocycles. The predicted molar refractivity (Wildman–Crippen MR) is 51.9 cm³/mol. The smallest absolute Gasteiger partial charge is 0.360 e. The Morgan fingerprint density at radius 3 is 2.93 bits per heavy atom. The summed E-state index contributed by atoms with van der Waals surface area (Å²) in [5, 5.41) is 3.68.